The molecule has 0 spiro atoms. The van der Waals surface area contributed by atoms with Crippen LogP contribution in [-0.2, 0) is 4.79 Å². The number of amides is 1. The molecular formula is C16H21NO4. The summed E-state index contributed by atoms with van der Waals surface area (Å²) in [4.78, 5) is 25.0. The highest BCUT2D eigenvalue weighted by Gasteiger charge is 2.21. The monoisotopic (exact) mass is 291 g/mol. The SMILES string of the molecule is Cc1c(OCC(=O)N2CCC(C)CC2)cccc1C(=O)O. The van der Waals surface area contributed by atoms with Crippen molar-refractivity contribution < 1.29 is 19.4 Å². The lowest BCUT2D eigenvalue weighted by molar-refractivity contribution is -0.134. The molecule has 2 rings (SSSR count). The number of benzene rings is 1. The van der Waals surface area contributed by atoms with Gasteiger partial charge < -0.3 is 14.7 Å². The maximum Gasteiger partial charge on any atom is 0.336 e. The Labute approximate surface area is 124 Å². The van der Waals surface area contributed by atoms with Gasteiger partial charge in [0.2, 0.25) is 0 Å². The van der Waals surface area contributed by atoms with Crippen molar-refractivity contribution in [3.63, 3.8) is 0 Å². The third kappa shape index (κ3) is 3.74. The number of likely N-dealkylation sites (tertiary alicyclic amines) is 1. The molecule has 5 heteroatoms. The van der Waals surface area contributed by atoms with Crippen LogP contribution in [0.1, 0.15) is 35.7 Å². The first-order valence-electron chi connectivity index (χ1n) is 7.22. The summed E-state index contributed by atoms with van der Waals surface area (Å²) in [5.74, 6) is 0.0920. The van der Waals surface area contributed by atoms with E-state index in [2.05, 4.69) is 6.92 Å². The number of rotatable bonds is 4. The highest BCUT2D eigenvalue weighted by Crippen LogP contribution is 2.22. The van der Waals surface area contributed by atoms with E-state index >= 15 is 0 Å². The second kappa shape index (κ2) is 6.61. The fraction of sp³-hybridized carbons (Fsp3) is 0.500. The molecule has 0 aliphatic carbocycles. The molecule has 0 atom stereocenters. The number of carbonyl (C=O) groups is 2. The van der Waals surface area contributed by atoms with Crippen LogP contribution in [0.5, 0.6) is 5.75 Å². The zero-order valence-corrected chi connectivity index (χ0v) is 12.5. The first-order chi connectivity index (χ1) is 9.99. The van der Waals surface area contributed by atoms with Gasteiger partial charge in [-0.3, -0.25) is 4.79 Å². The van der Waals surface area contributed by atoms with Crippen molar-refractivity contribution in [2.24, 2.45) is 5.92 Å². The minimum atomic E-state index is -0.991. The number of nitrogens with zero attached hydrogens (tertiary/aromatic N) is 1. The maximum atomic E-state index is 12.1. The van der Waals surface area contributed by atoms with Crippen LogP contribution in [0.4, 0.5) is 0 Å². The lowest BCUT2D eigenvalue weighted by Gasteiger charge is -2.30. The fourth-order valence-electron chi connectivity index (χ4n) is 2.49. The van der Waals surface area contributed by atoms with Crippen molar-refractivity contribution in [2.75, 3.05) is 19.7 Å². The van der Waals surface area contributed by atoms with E-state index in [4.69, 9.17) is 9.84 Å². The smallest absolute Gasteiger partial charge is 0.336 e. The Balaban J connectivity index is 1.95. The number of hydrogen-bond donors (Lipinski definition) is 1. The van der Waals surface area contributed by atoms with Gasteiger partial charge in [-0.15, -0.1) is 0 Å². The second-order valence-electron chi connectivity index (χ2n) is 5.59. The quantitative estimate of drug-likeness (QED) is 0.924. The molecule has 1 aliphatic rings. The third-order valence-corrected chi connectivity index (χ3v) is 4.00. The molecule has 1 aromatic carbocycles. The molecule has 1 heterocycles. The number of ether oxygens (including phenoxy) is 1. The number of carbonyl (C=O) groups excluding carboxylic acids is 1. The first-order valence-corrected chi connectivity index (χ1v) is 7.22. The standard InChI is InChI=1S/C16H21NO4/c1-11-6-8-17(9-7-11)15(18)10-21-14-5-3-4-13(12(14)2)16(19)20/h3-5,11H,6-10H2,1-2H3,(H,19,20). The summed E-state index contributed by atoms with van der Waals surface area (Å²) in [6.45, 7) is 5.39. The average molecular weight is 291 g/mol. The molecular weight excluding hydrogens is 270 g/mol. The van der Waals surface area contributed by atoms with Crippen molar-refractivity contribution in [3.05, 3.63) is 29.3 Å². The van der Waals surface area contributed by atoms with E-state index in [0.29, 0.717) is 17.2 Å². The maximum absolute atomic E-state index is 12.1. The van der Waals surface area contributed by atoms with Crippen LogP contribution in [-0.4, -0.2) is 41.6 Å². The fourth-order valence-corrected chi connectivity index (χ4v) is 2.49. The number of carboxylic acids is 1. The summed E-state index contributed by atoms with van der Waals surface area (Å²) in [6.07, 6.45) is 2.05. The van der Waals surface area contributed by atoms with Crippen molar-refractivity contribution in [1.29, 1.82) is 0 Å². The van der Waals surface area contributed by atoms with Crippen LogP contribution in [0.3, 0.4) is 0 Å². The summed E-state index contributed by atoms with van der Waals surface area (Å²) < 4.78 is 5.51. The Morgan fingerprint density at radius 2 is 2.00 bits per heavy atom. The molecule has 21 heavy (non-hydrogen) atoms. The summed E-state index contributed by atoms with van der Waals surface area (Å²) in [5, 5.41) is 9.07. The van der Waals surface area contributed by atoms with Crippen LogP contribution >= 0.6 is 0 Å². The molecule has 1 saturated heterocycles. The number of carboxylic acid groups (broad SMARTS) is 1. The van der Waals surface area contributed by atoms with Crippen molar-refractivity contribution in [2.45, 2.75) is 26.7 Å². The average Bonchev–Trinajstić information content (AvgIpc) is 2.46. The highest BCUT2D eigenvalue weighted by molar-refractivity contribution is 5.90. The Morgan fingerprint density at radius 3 is 2.62 bits per heavy atom. The van der Waals surface area contributed by atoms with Gasteiger partial charge in [-0.1, -0.05) is 13.0 Å². The summed E-state index contributed by atoms with van der Waals surface area (Å²) in [7, 11) is 0. The van der Waals surface area contributed by atoms with Gasteiger partial charge in [0.1, 0.15) is 5.75 Å². The molecule has 0 unspecified atom stereocenters. The normalized spacial score (nSPS) is 15.8. The van der Waals surface area contributed by atoms with Crippen molar-refractivity contribution in [1.82, 2.24) is 4.90 Å². The van der Waals surface area contributed by atoms with E-state index in [0.717, 1.165) is 25.9 Å². The Morgan fingerprint density at radius 1 is 1.33 bits per heavy atom. The predicted molar refractivity (Wildman–Crippen MR) is 78.6 cm³/mol. The van der Waals surface area contributed by atoms with Crippen molar-refractivity contribution in [3.8, 4) is 5.75 Å². The molecule has 1 aliphatic heterocycles. The van der Waals surface area contributed by atoms with E-state index in [1.54, 1.807) is 19.1 Å². The van der Waals surface area contributed by atoms with Gasteiger partial charge in [-0.25, -0.2) is 4.79 Å². The van der Waals surface area contributed by atoms with Gasteiger partial charge in [-0.05, 0) is 37.8 Å². The molecule has 0 bridgehead atoms. The van der Waals surface area contributed by atoms with Gasteiger partial charge in [0.05, 0.1) is 5.56 Å². The Bertz CT molecular complexity index is 533. The van der Waals surface area contributed by atoms with E-state index in [1.165, 1.54) is 6.07 Å². The van der Waals surface area contributed by atoms with E-state index in [1.807, 2.05) is 4.90 Å². The van der Waals surface area contributed by atoms with E-state index < -0.39 is 5.97 Å². The molecule has 1 aromatic rings. The zero-order chi connectivity index (χ0) is 15.4. The first kappa shape index (κ1) is 15.4. The topological polar surface area (TPSA) is 66.8 Å². The second-order valence-corrected chi connectivity index (χ2v) is 5.59. The molecule has 1 N–H and O–H groups in total. The number of aromatic carboxylic acids is 1. The van der Waals surface area contributed by atoms with Crippen molar-refractivity contribution >= 4 is 11.9 Å². The van der Waals surface area contributed by atoms with Crippen LogP contribution in [0.15, 0.2) is 18.2 Å². The lowest BCUT2D eigenvalue weighted by Crippen LogP contribution is -2.40. The van der Waals surface area contributed by atoms with Crippen LogP contribution in [0, 0.1) is 12.8 Å². The number of piperidine rings is 1. The molecule has 5 nitrogen and oxygen atoms in total. The predicted octanol–water partition coefficient (Wildman–Crippen LogP) is 2.33. The van der Waals surface area contributed by atoms with E-state index in [-0.39, 0.29) is 18.1 Å². The summed E-state index contributed by atoms with van der Waals surface area (Å²) >= 11 is 0. The van der Waals surface area contributed by atoms with Gasteiger partial charge in [-0.2, -0.15) is 0 Å². The molecule has 1 amide bonds. The zero-order valence-electron chi connectivity index (χ0n) is 12.5. The molecule has 114 valence electrons. The van der Waals surface area contributed by atoms with Gasteiger partial charge >= 0.3 is 5.97 Å². The van der Waals surface area contributed by atoms with Crippen LogP contribution < -0.4 is 4.74 Å². The van der Waals surface area contributed by atoms with Crippen LogP contribution in [0.25, 0.3) is 0 Å². The minimum Gasteiger partial charge on any atom is -0.483 e. The Kier molecular flexibility index (Phi) is 4.83. The Hall–Kier alpha value is -2.04. The van der Waals surface area contributed by atoms with E-state index in [9.17, 15) is 9.59 Å². The summed E-state index contributed by atoms with van der Waals surface area (Å²) in [6, 6.07) is 4.84. The largest absolute Gasteiger partial charge is 0.483 e. The molecule has 0 aromatic heterocycles. The summed E-state index contributed by atoms with van der Waals surface area (Å²) in [5.41, 5.74) is 0.747. The molecule has 1 fully saturated rings. The highest BCUT2D eigenvalue weighted by atomic mass is 16.5. The molecule has 0 saturated carbocycles. The van der Waals surface area contributed by atoms with Gasteiger partial charge in [0.15, 0.2) is 6.61 Å². The van der Waals surface area contributed by atoms with Crippen LogP contribution in [0.2, 0.25) is 0 Å². The van der Waals surface area contributed by atoms with Gasteiger partial charge in [0, 0.05) is 18.7 Å². The molecule has 0 radical (unpaired) electrons. The van der Waals surface area contributed by atoms with Gasteiger partial charge in [0.25, 0.3) is 5.91 Å². The lowest BCUT2D eigenvalue weighted by atomic mass is 9.99. The third-order valence-electron chi connectivity index (χ3n) is 4.00. The minimum absolute atomic E-state index is 0.0398. The number of hydrogen-bond acceptors (Lipinski definition) is 3.